The minimum Gasteiger partial charge on any atom is -0.378 e. The number of pyridine rings is 1. The maximum atomic E-state index is 5.87. The van der Waals surface area contributed by atoms with E-state index in [0.717, 1.165) is 13.0 Å². The summed E-state index contributed by atoms with van der Waals surface area (Å²) < 4.78 is 5.87. The van der Waals surface area contributed by atoms with E-state index in [1.165, 1.54) is 49.8 Å². The lowest BCUT2D eigenvalue weighted by Gasteiger charge is -2.45. The van der Waals surface area contributed by atoms with Gasteiger partial charge in [0.1, 0.15) is 0 Å². The van der Waals surface area contributed by atoms with Gasteiger partial charge in [0.15, 0.2) is 0 Å². The zero-order valence-electron chi connectivity index (χ0n) is 13.4. The Morgan fingerprint density at radius 3 is 2.95 bits per heavy atom. The number of aromatic nitrogens is 1. The lowest BCUT2D eigenvalue weighted by atomic mass is 9.71. The van der Waals surface area contributed by atoms with Gasteiger partial charge in [-0.15, -0.1) is 0 Å². The topological polar surface area (TPSA) is 34.1 Å². The van der Waals surface area contributed by atoms with E-state index in [2.05, 4.69) is 24.4 Å². The van der Waals surface area contributed by atoms with Gasteiger partial charge < -0.3 is 10.1 Å². The Bertz CT molecular complexity index is 465. The van der Waals surface area contributed by atoms with Gasteiger partial charge in [0.25, 0.3) is 0 Å². The first-order valence-electron chi connectivity index (χ1n) is 8.50. The maximum absolute atomic E-state index is 5.87. The summed E-state index contributed by atoms with van der Waals surface area (Å²) in [6, 6.07) is 4.82. The predicted octanol–water partition coefficient (Wildman–Crippen LogP) is 3.44. The molecule has 2 aliphatic rings. The van der Waals surface area contributed by atoms with E-state index >= 15 is 0 Å². The van der Waals surface area contributed by atoms with Crippen LogP contribution in [-0.4, -0.2) is 30.3 Å². The van der Waals surface area contributed by atoms with E-state index in [-0.39, 0.29) is 5.60 Å². The van der Waals surface area contributed by atoms with Crippen molar-refractivity contribution in [2.75, 3.05) is 13.7 Å². The second kappa shape index (κ2) is 6.45. The maximum Gasteiger partial charge on any atom is 0.0693 e. The highest BCUT2D eigenvalue weighted by atomic mass is 16.5. The van der Waals surface area contributed by atoms with Crippen molar-refractivity contribution in [3.63, 3.8) is 0 Å². The molecule has 1 aromatic rings. The summed E-state index contributed by atoms with van der Waals surface area (Å²) in [5.41, 5.74) is 2.91. The van der Waals surface area contributed by atoms with Gasteiger partial charge in [-0.1, -0.05) is 13.0 Å². The van der Waals surface area contributed by atoms with E-state index in [0.29, 0.717) is 12.0 Å². The van der Waals surface area contributed by atoms with E-state index in [9.17, 15) is 0 Å². The van der Waals surface area contributed by atoms with E-state index in [1.54, 1.807) is 0 Å². The molecule has 0 saturated heterocycles. The monoisotopic (exact) mass is 288 g/mol. The van der Waals surface area contributed by atoms with Gasteiger partial charge in [0.2, 0.25) is 0 Å². The van der Waals surface area contributed by atoms with Gasteiger partial charge in [-0.05, 0) is 63.1 Å². The molecular formula is C18H28N2O. The van der Waals surface area contributed by atoms with Gasteiger partial charge in [0, 0.05) is 31.0 Å². The molecule has 3 heteroatoms. The fourth-order valence-corrected chi connectivity index (χ4v) is 4.12. The normalized spacial score (nSPS) is 25.0. The molecule has 21 heavy (non-hydrogen) atoms. The molecule has 0 aliphatic heterocycles. The second-order valence-electron chi connectivity index (χ2n) is 6.66. The third-order valence-corrected chi connectivity index (χ3v) is 5.48. The first-order valence-corrected chi connectivity index (χ1v) is 8.50. The number of nitrogens with one attached hydrogen (secondary N) is 1. The molecule has 3 nitrogen and oxygen atoms in total. The molecule has 1 saturated carbocycles. The summed E-state index contributed by atoms with van der Waals surface area (Å²) in [4.78, 5) is 4.72. The van der Waals surface area contributed by atoms with E-state index < -0.39 is 0 Å². The summed E-state index contributed by atoms with van der Waals surface area (Å²) in [6.45, 7) is 3.22. The Hall–Kier alpha value is -0.930. The van der Waals surface area contributed by atoms with Crippen LogP contribution >= 0.6 is 0 Å². The first kappa shape index (κ1) is 15.0. The SMILES string of the molecule is CCNC(CC1(OC)CCC1)C1CCCc2cccnc21. The van der Waals surface area contributed by atoms with Crippen LogP contribution in [0.5, 0.6) is 0 Å². The Balaban J connectivity index is 1.81. The highest BCUT2D eigenvalue weighted by molar-refractivity contribution is 5.27. The number of rotatable bonds is 6. The number of methoxy groups -OCH3 is 1. The van der Waals surface area contributed by atoms with Crippen LogP contribution in [0.2, 0.25) is 0 Å². The lowest BCUT2D eigenvalue weighted by Crippen LogP contribution is -2.48. The molecule has 0 aromatic carbocycles. The lowest BCUT2D eigenvalue weighted by molar-refractivity contribution is -0.0852. The summed E-state index contributed by atoms with van der Waals surface area (Å²) in [5.74, 6) is 0.544. The third-order valence-electron chi connectivity index (χ3n) is 5.48. The summed E-state index contributed by atoms with van der Waals surface area (Å²) >= 11 is 0. The molecule has 3 rings (SSSR count). The van der Waals surface area contributed by atoms with Crippen molar-refractivity contribution in [3.05, 3.63) is 29.6 Å². The minimum atomic E-state index is 0.124. The van der Waals surface area contributed by atoms with Crippen LogP contribution in [0, 0.1) is 0 Å². The van der Waals surface area contributed by atoms with Crippen LogP contribution in [0.25, 0.3) is 0 Å². The van der Waals surface area contributed by atoms with Crippen LogP contribution in [0.15, 0.2) is 18.3 Å². The van der Waals surface area contributed by atoms with Crippen molar-refractivity contribution in [2.45, 2.75) is 69.4 Å². The number of ether oxygens (including phenoxy) is 1. The van der Waals surface area contributed by atoms with Gasteiger partial charge >= 0.3 is 0 Å². The van der Waals surface area contributed by atoms with Crippen molar-refractivity contribution in [1.29, 1.82) is 0 Å². The van der Waals surface area contributed by atoms with Crippen LogP contribution in [0.4, 0.5) is 0 Å². The molecule has 1 heterocycles. The zero-order valence-corrected chi connectivity index (χ0v) is 13.4. The summed E-state index contributed by atoms with van der Waals surface area (Å²) in [6.07, 6.45) is 10.5. The number of aryl methyl sites for hydroxylation is 1. The first-order chi connectivity index (χ1) is 10.3. The molecule has 0 spiro atoms. The second-order valence-corrected chi connectivity index (χ2v) is 6.66. The predicted molar refractivity (Wildman–Crippen MR) is 85.6 cm³/mol. The number of hydrogen-bond acceptors (Lipinski definition) is 3. The standard InChI is InChI=1S/C18H28N2O/c1-3-19-16(13-18(21-2)10-6-11-18)15-9-4-7-14-8-5-12-20-17(14)15/h5,8,12,15-16,19H,3-4,6-7,9-11,13H2,1-2H3. The molecule has 2 atom stereocenters. The van der Waals surface area contributed by atoms with Gasteiger partial charge in [-0.25, -0.2) is 0 Å². The zero-order chi connectivity index (χ0) is 14.7. The van der Waals surface area contributed by atoms with Crippen molar-refractivity contribution < 1.29 is 4.74 Å². The van der Waals surface area contributed by atoms with Gasteiger partial charge in [0.05, 0.1) is 5.60 Å². The number of likely N-dealkylation sites (N-methyl/N-ethyl adjacent to an activating group) is 1. The Morgan fingerprint density at radius 2 is 2.29 bits per heavy atom. The third kappa shape index (κ3) is 3.00. The van der Waals surface area contributed by atoms with Crippen LogP contribution in [0.3, 0.4) is 0 Å². The molecule has 116 valence electrons. The van der Waals surface area contributed by atoms with Crippen LogP contribution in [-0.2, 0) is 11.2 Å². The molecule has 1 fully saturated rings. The smallest absolute Gasteiger partial charge is 0.0693 e. The van der Waals surface area contributed by atoms with E-state index in [4.69, 9.17) is 9.72 Å². The minimum absolute atomic E-state index is 0.124. The van der Waals surface area contributed by atoms with Gasteiger partial charge in [-0.3, -0.25) is 4.98 Å². The summed E-state index contributed by atoms with van der Waals surface area (Å²) in [7, 11) is 1.88. The molecule has 2 aliphatic carbocycles. The number of hydrogen-bond donors (Lipinski definition) is 1. The average molecular weight is 288 g/mol. The molecule has 0 radical (unpaired) electrons. The molecular weight excluding hydrogens is 260 g/mol. The molecule has 0 bridgehead atoms. The molecule has 0 amide bonds. The Kier molecular flexibility index (Phi) is 4.60. The Morgan fingerprint density at radius 1 is 1.43 bits per heavy atom. The molecule has 2 unspecified atom stereocenters. The van der Waals surface area contributed by atoms with Crippen molar-refractivity contribution in [2.24, 2.45) is 0 Å². The largest absolute Gasteiger partial charge is 0.378 e. The molecule has 1 aromatic heterocycles. The number of fused-ring (bicyclic) bond motifs is 1. The fourth-order valence-electron chi connectivity index (χ4n) is 4.12. The molecule has 1 N–H and O–H groups in total. The van der Waals surface area contributed by atoms with Crippen molar-refractivity contribution in [3.8, 4) is 0 Å². The quantitative estimate of drug-likeness (QED) is 0.870. The van der Waals surface area contributed by atoms with Crippen molar-refractivity contribution >= 4 is 0 Å². The summed E-state index contributed by atoms with van der Waals surface area (Å²) in [5, 5.41) is 3.73. The number of nitrogens with zero attached hydrogens (tertiary/aromatic N) is 1. The highest BCUT2D eigenvalue weighted by Crippen LogP contribution is 2.43. The highest BCUT2D eigenvalue weighted by Gasteiger charge is 2.41. The van der Waals surface area contributed by atoms with Crippen LogP contribution < -0.4 is 5.32 Å². The van der Waals surface area contributed by atoms with E-state index in [1.807, 2.05) is 13.3 Å². The fraction of sp³-hybridized carbons (Fsp3) is 0.722. The average Bonchev–Trinajstić information content (AvgIpc) is 2.49. The van der Waals surface area contributed by atoms with Crippen molar-refractivity contribution in [1.82, 2.24) is 10.3 Å². The van der Waals surface area contributed by atoms with Gasteiger partial charge in [-0.2, -0.15) is 0 Å². The Labute approximate surface area is 128 Å². The van der Waals surface area contributed by atoms with Crippen LogP contribution in [0.1, 0.15) is 62.6 Å².